The summed E-state index contributed by atoms with van der Waals surface area (Å²) in [6.45, 7) is 1.14. The molecule has 21 heavy (non-hydrogen) atoms. The van der Waals surface area contributed by atoms with E-state index in [2.05, 4.69) is 11.4 Å². The van der Waals surface area contributed by atoms with Gasteiger partial charge in [-0.25, -0.2) is 0 Å². The van der Waals surface area contributed by atoms with Crippen LogP contribution in [0.3, 0.4) is 0 Å². The Bertz CT molecular complexity index is 584. The zero-order chi connectivity index (χ0) is 15.1. The van der Waals surface area contributed by atoms with E-state index >= 15 is 0 Å². The van der Waals surface area contributed by atoms with E-state index < -0.39 is 6.04 Å². The highest BCUT2D eigenvalue weighted by Crippen LogP contribution is 2.14. The molecule has 0 aliphatic heterocycles. The quantitative estimate of drug-likeness (QED) is 0.819. The van der Waals surface area contributed by atoms with Crippen LogP contribution in [-0.2, 0) is 22.7 Å². The summed E-state index contributed by atoms with van der Waals surface area (Å²) in [5, 5.41) is 3.21. The first-order valence-corrected chi connectivity index (χ1v) is 6.85. The highest BCUT2D eigenvalue weighted by atomic mass is 16.5. The molecule has 0 aliphatic rings. The maximum Gasteiger partial charge on any atom is 0.239 e. The summed E-state index contributed by atoms with van der Waals surface area (Å²) in [5.74, 6) is -0.380. The smallest absolute Gasteiger partial charge is 0.239 e. The molecule has 0 aliphatic carbocycles. The van der Waals surface area contributed by atoms with Crippen molar-refractivity contribution >= 4 is 5.91 Å². The van der Waals surface area contributed by atoms with Gasteiger partial charge in [0, 0.05) is 13.7 Å². The first-order valence-electron chi connectivity index (χ1n) is 6.85. The van der Waals surface area contributed by atoms with Crippen molar-refractivity contribution in [3.05, 3.63) is 71.3 Å². The second kappa shape index (κ2) is 7.57. The van der Waals surface area contributed by atoms with Gasteiger partial charge in [-0.1, -0.05) is 54.6 Å². The lowest BCUT2D eigenvalue weighted by Crippen LogP contribution is -2.33. The Morgan fingerprint density at radius 3 is 2.52 bits per heavy atom. The van der Waals surface area contributed by atoms with Gasteiger partial charge in [0.15, 0.2) is 0 Å². The molecule has 4 nitrogen and oxygen atoms in total. The number of nitrogens with one attached hydrogen (secondary N) is 1. The van der Waals surface area contributed by atoms with Crippen molar-refractivity contribution in [2.24, 2.45) is 5.73 Å². The summed E-state index contributed by atoms with van der Waals surface area (Å²) in [4.78, 5) is 11.6. The number of primary amides is 1. The summed E-state index contributed by atoms with van der Waals surface area (Å²) in [5.41, 5.74) is 8.56. The second-order valence-electron chi connectivity index (χ2n) is 4.88. The molecular weight excluding hydrogens is 264 g/mol. The van der Waals surface area contributed by atoms with Crippen LogP contribution in [0.1, 0.15) is 22.7 Å². The number of hydrogen-bond donors (Lipinski definition) is 2. The summed E-state index contributed by atoms with van der Waals surface area (Å²) < 4.78 is 5.12. The zero-order valence-electron chi connectivity index (χ0n) is 12.1. The van der Waals surface area contributed by atoms with Gasteiger partial charge in [-0.15, -0.1) is 0 Å². The number of carbonyl (C=O) groups is 1. The van der Waals surface area contributed by atoms with Crippen LogP contribution in [0.25, 0.3) is 0 Å². The van der Waals surface area contributed by atoms with Crippen LogP contribution in [0.15, 0.2) is 54.6 Å². The predicted molar refractivity (Wildman–Crippen MR) is 82.4 cm³/mol. The molecule has 0 saturated carbocycles. The van der Waals surface area contributed by atoms with Gasteiger partial charge in [-0.3, -0.25) is 10.1 Å². The maximum absolute atomic E-state index is 11.6. The molecular formula is C17H20N2O2. The van der Waals surface area contributed by atoms with Gasteiger partial charge in [0.1, 0.15) is 6.04 Å². The molecule has 0 spiro atoms. The van der Waals surface area contributed by atoms with E-state index in [1.807, 2.05) is 48.5 Å². The Kier molecular flexibility index (Phi) is 5.49. The van der Waals surface area contributed by atoms with Gasteiger partial charge in [0.05, 0.1) is 6.61 Å². The fourth-order valence-electron chi connectivity index (χ4n) is 2.24. The molecule has 0 fully saturated rings. The normalized spacial score (nSPS) is 12.0. The average Bonchev–Trinajstić information content (AvgIpc) is 2.49. The standard InChI is InChI=1S/C17H20N2O2/c1-21-12-14-7-5-6-13(10-14)11-19-16(17(18)20)15-8-3-2-4-9-15/h2-10,16,19H,11-12H2,1H3,(H2,18,20)/t16-/m0/s1. The minimum absolute atomic E-state index is 0.380. The summed E-state index contributed by atoms with van der Waals surface area (Å²) in [7, 11) is 1.67. The zero-order valence-corrected chi connectivity index (χ0v) is 12.1. The molecule has 0 radical (unpaired) electrons. The van der Waals surface area contributed by atoms with E-state index in [9.17, 15) is 4.79 Å². The van der Waals surface area contributed by atoms with Crippen molar-refractivity contribution in [1.29, 1.82) is 0 Å². The summed E-state index contributed by atoms with van der Waals surface area (Å²) in [6.07, 6.45) is 0. The first-order chi connectivity index (χ1) is 10.2. The topological polar surface area (TPSA) is 64.3 Å². The van der Waals surface area contributed by atoms with Crippen molar-refractivity contribution in [2.45, 2.75) is 19.2 Å². The highest BCUT2D eigenvalue weighted by Gasteiger charge is 2.16. The number of carbonyl (C=O) groups excluding carboxylic acids is 1. The molecule has 2 aromatic rings. The number of hydrogen-bond acceptors (Lipinski definition) is 3. The number of rotatable bonds is 7. The molecule has 4 heteroatoms. The van der Waals surface area contributed by atoms with Gasteiger partial charge in [0.2, 0.25) is 5.91 Å². The molecule has 1 atom stereocenters. The van der Waals surface area contributed by atoms with E-state index in [1.54, 1.807) is 7.11 Å². The van der Waals surface area contributed by atoms with Gasteiger partial charge in [-0.2, -0.15) is 0 Å². The van der Waals surface area contributed by atoms with Crippen molar-refractivity contribution in [3.8, 4) is 0 Å². The van der Waals surface area contributed by atoms with Crippen LogP contribution in [0.4, 0.5) is 0 Å². The fraction of sp³-hybridized carbons (Fsp3) is 0.235. The molecule has 2 rings (SSSR count). The van der Waals surface area contributed by atoms with Crippen molar-refractivity contribution in [1.82, 2.24) is 5.32 Å². The third kappa shape index (κ3) is 4.41. The fourth-order valence-corrected chi connectivity index (χ4v) is 2.24. The lowest BCUT2D eigenvalue weighted by molar-refractivity contribution is -0.120. The number of methoxy groups -OCH3 is 1. The average molecular weight is 284 g/mol. The van der Waals surface area contributed by atoms with Gasteiger partial charge in [0.25, 0.3) is 0 Å². The van der Waals surface area contributed by atoms with Gasteiger partial charge in [-0.05, 0) is 16.7 Å². The van der Waals surface area contributed by atoms with Crippen LogP contribution in [-0.4, -0.2) is 13.0 Å². The molecule has 0 bridgehead atoms. The largest absolute Gasteiger partial charge is 0.380 e. The summed E-state index contributed by atoms with van der Waals surface area (Å²) in [6, 6.07) is 17.1. The molecule has 0 unspecified atom stereocenters. The lowest BCUT2D eigenvalue weighted by atomic mass is 10.1. The minimum atomic E-state index is -0.489. The number of ether oxygens (including phenoxy) is 1. The Hall–Kier alpha value is -2.17. The van der Waals surface area contributed by atoms with Crippen LogP contribution < -0.4 is 11.1 Å². The van der Waals surface area contributed by atoms with Crippen LogP contribution in [0.5, 0.6) is 0 Å². The van der Waals surface area contributed by atoms with Crippen LogP contribution >= 0.6 is 0 Å². The lowest BCUT2D eigenvalue weighted by Gasteiger charge is -2.16. The SMILES string of the molecule is COCc1cccc(CN[C@H](C(N)=O)c2ccccc2)c1. The van der Waals surface area contributed by atoms with E-state index in [0.717, 1.165) is 16.7 Å². The molecule has 0 heterocycles. The van der Waals surface area contributed by atoms with Crippen molar-refractivity contribution in [3.63, 3.8) is 0 Å². The van der Waals surface area contributed by atoms with Gasteiger partial charge >= 0.3 is 0 Å². The molecule has 1 amide bonds. The van der Waals surface area contributed by atoms with Gasteiger partial charge < -0.3 is 10.5 Å². The Morgan fingerprint density at radius 2 is 1.86 bits per heavy atom. The second-order valence-corrected chi connectivity index (χ2v) is 4.88. The highest BCUT2D eigenvalue weighted by molar-refractivity contribution is 5.81. The molecule has 3 N–H and O–H groups in total. The van der Waals surface area contributed by atoms with Crippen molar-refractivity contribution in [2.75, 3.05) is 7.11 Å². The molecule has 2 aromatic carbocycles. The number of benzene rings is 2. The van der Waals surface area contributed by atoms with Crippen LogP contribution in [0.2, 0.25) is 0 Å². The minimum Gasteiger partial charge on any atom is -0.380 e. The number of nitrogens with two attached hydrogens (primary N) is 1. The Morgan fingerprint density at radius 1 is 1.14 bits per heavy atom. The third-order valence-corrected chi connectivity index (χ3v) is 3.23. The van der Waals surface area contributed by atoms with E-state index in [-0.39, 0.29) is 5.91 Å². The van der Waals surface area contributed by atoms with E-state index in [1.165, 1.54) is 0 Å². The first kappa shape index (κ1) is 15.2. The Labute approximate surface area is 124 Å². The Balaban J connectivity index is 2.06. The maximum atomic E-state index is 11.6. The van der Waals surface area contributed by atoms with Crippen molar-refractivity contribution < 1.29 is 9.53 Å². The predicted octanol–water partition coefficient (Wildman–Crippen LogP) is 2.15. The molecule has 0 saturated heterocycles. The van der Waals surface area contributed by atoms with E-state index in [4.69, 9.17) is 10.5 Å². The van der Waals surface area contributed by atoms with Crippen LogP contribution in [0, 0.1) is 0 Å². The molecule has 110 valence electrons. The summed E-state index contributed by atoms with van der Waals surface area (Å²) >= 11 is 0. The third-order valence-electron chi connectivity index (χ3n) is 3.23. The number of amides is 1. The van der Waals surface area contributed by atoms with E-state index in [0.29, 0.717) is 13.2 Å². The molecule has 0 aromatic heterocycles. The monoisotopic (exact) mass is 284 g/mol.